The Bertz CT molecular complexity index is 1090. The topological polar surface area (TPSA) is 117 Å². The molecule has 2 aromatic heterocycles. The summed E-state index contributed by atoms with van der Waals surface area (Å²) in [7, 11) is 0. The van der Waals surface area contributed by atoms with Crippen LogP contribution in [0.5, 0.6) is 5.75 Å². The van der Waals surface area contributed by atoms with Gasteiger partial charge < -0.3 is 15.5 Å². The number of hydrogen-bond donors (Lipinski definition) is 3. The van der Waals surface area contributed by atoms with E-state index >= 15 is 0 Å². The fraction of sp³-hybridized carbons (Fsp3) is 0.263. The van der Waals surface area contributed by atoms with Crippen LogP contribution in [0.4, 0.5) is 11.6 Å². The second kappa shape index (κ2) is 6.71. The van der Waals surface area contributed by atoms with Crippen LogP contribution in [0.3, 0.4) is 0 Å². The molecular formula is C19H18N4O4. The maximum Gasteiger partial charge on any atom is 0.339 e. The van der Waals surface area contributed by atoms with Gasteiger partial charge in [-0.1, -0.05) is 12.8 Å². The maximum atomic E-state index is 12.4. The predicted molar refractivity (Wildman–Crippen MR) is 99.7 cm³/mol. The highest BCUT2D eigenvalue weighted by molar-refractivity contribution is 5.92. The molecule has 1 aliphatic rings. The van der Waals surface area contributed by atoms with E-state index < -0.39 is 5.97 Å². The summed E-state index contributed by atoms with van der Waals surface area (Å²) < 4.78 is 1.73. The SMILES string of the molecule is O=C(O)c1cc(Nc2ncc3ccc(=O)n(C4CCCC4)c3n2)ccc1O. The van der Waals surface area contributed by atoms with E-state index in [4.69, 9.17) is 5.11 Å². The standard InChI is InChI=1S/C19H18N4O4/c24-15-7-6-12(9-14(15)18(26)27)21-19-20-10-11-5-8-16(25)23(17(11)22-19)13-3-1-2-4-13/h5-10,13,24H,1-4H2,(H,26,27)(H,20,21,22). The Morgan fingerprint density at radius 1 is 1.19 bits per heavy atom. The second-order valence-corrected chi connectivity index (χ2v) is 6.61. The molecule has 2 heterocycles. The number of carboxylic acids is 1. The lowest BCUT2D eigenvalue weighted by molar-refractivity contribution is 0.0694. The summed E-state index contributed by atoms with van der Waals surface area (Å²) in [5.41, 5.74) is 0.680. The number of fused-ring (bicyclic) bond motifs is 1. The minimum absolute atomic E-state index is 0.0863. The number of phenols is 1. The zero-order chi connectivity index (χ0) is 19.0. The number of aromatic carboxylic acids is 1. The summed E-state index contributed by atoms with van der Waals surface area (Å²) in [6.07, 6.45) is 5.72. The fourth-order valence-corrected chi connectivity index (χ4v) is 3.53. The highest BCUT2D eigenvalue weighted by atomic mass is 16.4. The summed E-state index contributed by atoms with van der Waals surface area (Å²) in [4.78, 5) is 32.4. The number of carbonyl (C=O) groups is 1. The van der Waals surface area contributed by atoms with Gasteiger partial charge in [0.15, 0.2) is 0 Å². The van der Waals surface area contributed by atoms with Gasteiger partial charge in [0, 0.05) is 29.4 Å². The molecular weight excluding hydrogens is 348 g/mol. The van der Waals surface area contributed by atoms with Crippen molar-refractivity contribution in [3.63, 3.8) is 0 Å². The summed E-state index contributed by atoms with van der Waals surface area (Å²) in [5.74, 6) is -1.30. The number of benzene rings is 1. The first-order valence-electron chi connectivity index (χ1n) is 8.74. The number of pyridine rings is 1. The number of hydrogen-bond acceptors (Lipinski definition) is 6. The number of nitrogens with zero attached hydrogens (tertiary/aromatic N) is 3. The van der Waals surface area contributed by atoms with E-state index in [1.807, 2.05) is 0 Å². The van der Waals surface area contributed by atoms with E-state index in [1.165, 1.54) is 24.3 Å². The summed E-state index contributed by atoms with van der Waals surface area (Å²) in [6.45, 7) is 0. The molecule has 1 aromatic carbocycles. The van der Waals surface area contributed by atoms with E-state index in [0.717, 1.165) is 31.1 Å². The number of aromatic nitrogens is 3. The third-order valence-corrected chi connectivity index (χ3v) is 4.84. The lowest BCUT2D eigenvalue weighted by Gasteiger charge is -2.16. The molecule has 8 heteroatoms. The van der Waals surface area contributed by atoms with Crippen molar-refractivity contribution in [2.24, 2.45) is 0 Å². The lowest BCUT2D eigenvalue weighted by atomic mass is 10.2. The van der Waals surface area contributed by atoms with Crippen molar-refractivity contribution < 1.29 is 15.0 Å². The number of rotatable bonds is 4. The van der Waals surface area contributed by atoms with Crippen molar-refractivity contribution in [3.05, 3.63) is 52.4 Å². The van der Waals surface area contributed by atoms with Crippen molar-refractivity contribution in [1.82, 2.24) is 14.5 Å². The normalized spacial score (nSPS) is 14.5. The predicted octanol–water partition coefficient (Wildman–Crippen LogP) is 3.05. The molecule has 138 valence electrons. The van der Waals surface area contributed by atoms with Gasteiger partial charge in [-0.05, 0) is 37.1 Å². The zero-order valence-corrected chi connectivity index (χ0v) is 14.4. The molecule has 0 radical (unpaired) electrons. The molecule has 0 saturated heterocycles. The molecule has 0 atom stereocenters. The quantitative estimate of drug-likeness (QED) is 0.607. The first kappa shape index (κ1) is 17.0. The average Bonchev–Trinajstić information content (AvgIpc) is 3.17. The van der Waals surface area contributed by atoms with Crippen LogP contribution >= 0.6 is 0 Å². The van der Waals surface area contributed by atoms with Gasteiger partial charge in [0.05, 0.1) is 0 Å². The van der Waals surface area contributed by atoms with E-state index in [9.17, 15) is 14.7 Å². The monoisotopic (exact) mass is 366 g/mol. The molecule has 4 rings (SSSR count). The molecule has 1 aliphatic carbocycles. The Morgan fingerprint density at radius 2 is 1.96 bits per heavy atom. The Kier molecular flexibility index (Phi) is 4.23. The molecule has 0 unspecified atom stereocenters. The summed E-state index contributed by atoms with van der Waals surface area (Å²) in [5, 5.41) is 22.5. The molecule has 0 aliphatic heterocycles. The molecule has 0 spiro atoms. The van der Waals surface area contributed by atoms with Gasteiger partial charge in [0.1, 0.15) is 17.0 Å². The molecule has 3 aromatic rings. The van der Waals surface area contributed by atoms with Crippen LogP contribution in [0.15, 0.2) is 41.3 Å². The van der Waals surface area contributed by atoms with Crippen LogP contribution in [0, 0.1) is 0 Å². The van der Waals surface area contributed by atoms with Gasteiger partial charge >= 0.3 is 5.97 Å². The van der Waals surface area contributed by atoms with Crippen LogP contribution < -0.4 is 10.9 Å². The van der Waals surface area contributed by atoms with E-state index in [1.54, 1.807) is 16.8 Å². The van der Waals surface area contributed by atoms with Crippen molar-refractivity contribution in [2.45, 2.75) is 31.7 Å². The number of carboxylic acid groups (broad SMARTS) is 1. The molecule has 1 saturated carbocycles. The Hall–Kier alpha value is -3.42. The number of aromatic hydroxyl groups is 1. The average molecular weight is 366 g/mol. The van der Waals surface area contributed by atoms with Gasteiger partial charge in [0.2, 0.25) is 5.95 Å². The van der Waals surface area contributed by atoms with Crippen LogP contribution in [0.1, 0.15) is 42.1 Å². The van der Waals surface area contributed by atoms with Gasteiger partial charge in [-0.2, -0.15) is 4.98 Å². The third-order valence-electron chi connectivity index (χ3n) is 4.84. The van der Waals surface area contributed by atoms with Gasteiger partial charge in [-0.15, -0.1) is 0 Å². The van der Waals surface area contributed by atoms with Gasteiger partial charge in [-0.25, -0.2) is 9.78 Å². The van der Waals surface area contributed by atoms with E-state index in [2.05, 4.69) is 15.3 Å². The Labute approximate surface area is 154 Å². The van der Waals surface area contributed by atoms with E-state index in [-0.39, 0.29) is 28.9 Å². The molecule has 0 bridgehead atoms. The van der Waals surface area contributed by atoms with Crippen LogP contribution in [-0.4, -0.2) is 30.7 Å². The highest BCUT2D eigenvalue weighted by Crippen LogP contribution is 2.30. The van der Waals surface area contributed by atoms with Crippen LogP contribution in [0.2, 0.25) is 0 Å². The Morgan fingerprint density at radius 3 is 2.70 bits per heavy atom. The largest absolute Gasteiger partial charge is 0.507 e. The van der Waals surface area contributed by atoms with Crippen molar-refractivity contribution in [3.8, 4) is 5.75 Å². The Balaban J connectivity index is 1.75. The van der Waals surface area contributed by atoms with E-state index in [0.29, 0.717) is 11.3 Å². The zero-order valence-electron chi connectivity index (χ0n) is 14.4. The number of anilines is 2. The lowest BCUT2D eigenvalue weighted by Crippen LogP contribution is -2.23. The van der Waals surface area contributed by atoms with Crippen molar-refractivity contribution >= 4 is 28.6 Å². The second-order valence-electron chi connectivity index (χ2n) is 6.61. The summed E-state index contributed by atoms with van der Waals surface area (Å²) >= 11 is 0. The van der Waals surface area contributed by atoms with Crippen LogP contribution in [-0.2, 0) is 0 Å². The molecule has 1 fully saturated rings. The smallest absolute Gasteiger partial charge is 0.339 e. The first-order chi connectivity index (χ1) is 13.0. The minimum Gasteiger partial charge on any atom is -0.507 e. The molecule has 3 N–H and O–H groups in total. The van der Waals surface area contributed by atoms with Crippen LogP contribution in [0.25, 0.3) is 11.0 Å². The highest BCUT2D eigenvalue weighted by Gasteiger charge is 2.20. The third kappa shape index (κ3) is 3.21. The van der Waals surface area contributed by atoms with Gasteiger partial charge in [-0.3, -0.25) is 9.36 Å². The minimum atomic E-state index is -1.23. The first-order valence-corrected chi connectivity index (χ1v) is 8.74. The van der Waals surface area contributed by atoms with Crippen molar-refractivity contribution in [2.75, 3.05) is 5.32 Å². The van der Waals surface area contributed by atoms with Crippen molar-refractivity contribution in [1.29, 1.82) is 0 Å². The molecule has 27 heavy (non-hydrogen) atoms. The number of nitrogens with one attached hydrogen (secondary N) is 1. The van der Waals surface area contributed by atoms with Gasteiger partial charge in [0.25, 0.3) is 5.56 Å². The fourth-order valence-electron chi connectivity index (χ4n) is 3.53. The molecule has 0 amide bonds. The summed E-state index contributed by atoms with van der Waals surface area (Å²) in [6, 6.07) is 7.51. The molecule has 8 nitrogen and oxygen atoms in total. The maximum absolute atomic E-state index is 12.4.